The Kier molecular flexibility index (Phi) is 5.28. The highest BCUT2D eigenvalue weighted by atomic mass is 79.9. The zero-order chi connectivity index (χ0) is 19.7. The standard InChI is InChI=1S/C21H15BrF2N2OS/c22-20-10-17-19(28-20)9-18(26(17)12-13-5-7-15(23)8-6-13)21(27)25-11-14-3-1-2-4-16(14)24/h1-10H,11-12H2,(H,25,27). The average molecular weight is 461 g/mol. The van der Waals surface area contributed by atoms with Gasteiger partial charge in [-0.15, -0.1) is 11.3 Å². The summed E-state index contributed by atoms with van der Waals surface area (Å²) in [5.74, 6) is -0.943. The number of nitrogens with one attached hydrogen (secondary N) is 1. The van der Waals surface area contributed by atoms with Gasteiger partial charge in [-0.3, -0.25) is 4.79 Å². The van der Waals surface area contributed by atoms with Crippen LogP contribution in [-0.4, -0.2) is 10.5 Å². The van der Waals surface area contributed by atoms with Gasteiger partial charge in [0.2, 0.25) is 0 Å². The summed E-state index contributed by atoms with van der Waals surface area (Å²) in [6.07, 6.45) is 0. The van der Waals surface area contributed by atoms with Gasteiger partial charge < -0.3 is 9.88 Å². The smallest absolute Gasteiger partial charge is 0.268 e. The lowest BCUT2D eigenvalue weighted by Crippen LogP contribution is -2.26. The first-order chi connectivity index (χ1) is 13.5. The molecule has 0 aliphatic rings. The molecule has 0 unspecified atom stereocenters. The normalized spacial score (nSPS) is 11.1. The minimum Gasteiger partial charge on any atom is -0.347 e. The number of hydrogen-bond acceptors (Lipinski definition) is 2. The Balaban J connectivity index is 1.64. The summed E-state index contributed by atoms with van der Waals surface area (Å²) < 4.78 is 30.8. The largest absolute Gasteiger partial charge is 0.347 e. The maximum Gasteiger partial charge on any atom is 0.268 e. The van der Waals surface area contributed by atoms with E-state index < -0.39 is 0 Å². The molecular weight excluding hydrogens is 446 g/mol. The Morgan fingerprint density at radius 1 is 1.07 bits per heavy atom. The molecular formula is C21H15BrF2N2OS. The molecule has 4 aromatic rings. The molecule has 0 bridgehead atoms. The van der Waals surface area contributed by atoms with E-state index in [1.54, 1.807) is 30.3 Å². The van der Waals surface area contributed by atoms with Crippen molar-refractivity contribution < 1.29 is 13.6 Å². The van der Waals surface area contributed by atoms with Crippen LogP contribution in [0.4, 0.5) is 8.78 Å². The molecule has 0 atom stereocenters. The molecule has 0 aliphatic heterocycles. The van der Waals surface area contributed by atoms with Crippen LogP contribution >= 0.6 is 27.3 Å². The number of nitrogens with zero attached hydrogens (tertiary/aromatic N) is 1. The first kappa shape index (κ1) is 18.8. The summed E-state index contributed by atoms with van der Waals surface area (Å²) in [7, 11) is 0. The van der Waals surface area contributed by atoms with Gasteiger partial charge in [0.15, 0.2) is 0 Å². The fraction of sp³-hybridized carbons (Fsp3) is 0.0952. The molecule has 2 heterocycles. The molecule has 28 heavy (non-hydrogen) atoms. The molecule has 1 N–H and O–H groups in total. The molecule has 3 nitrogen and oxygen atoms in total. The fourth-order valence-electron chi connectivity index (χ4n) is 3.05. The third-order valence-electron chi connectivity index (χ3n) is 4.44. The van der Waals surface area contributed by atoms with E-state index in [4.69, 9.17) is 0 Å². The molecule has 0 saturated heterocycles. The van der Waals surface area contributed by atoms with E-state index in [1.165, 1.54) is 29.5 Å². The third-order valence-corrected chi connectivity index (χ3v) is 6.02. The van der Waals surface area contributed by atoms with Crippen molar-refractivity contribution in [3.8, 4) is 0 Å². The maximum atomic E-state index is 13.8. The van der Waals surface area contributed by atoms with Crippen molar-refractivity contribution >= 4 is 43.4 Å². The number of carbonyl (C=O) groups excluding carboxylic acids is 1. The second-order valence-corrected chi connectivity index (χ2v) is 8.78. The number of hydrogen-bond donors (Lipinski definition) is 1. The van der Waals surface area contributed by atoms with Crippen LogP contribution < -0.4 is 5.32 Å². The average Bonchev–Trinajstić information content (AvgIpc) is 3.19. The number of aromatic nitrogens is 1. The van der Waals surface area contributed by atoms with Crippen LogP contribution in [0.3, 0.4) is 0 Å². The van der Waals surface area contributed by atoms with E-state index in [1.807, 2.05) is 16.7 Å². The number of thiophene rings is 1. The van der Waals surface area contributed by atoms with Crippen LogP contribution in [0.15, 0.2) is 64.5 Å². The summed E-state index contributed by atoms with van der Waals surface area (Å²) in [4.78, 5) is 12.8. The van der Waals surface area contributed by atoms with Gasteiger partial charge in [0.1, 0.15) is 17.3 Å². The van der Waals surface area contributed by atoms with Gasteiger partial charge in [-0.25, -0.2) is 8.78 Å². The van der Waals surface area contributed by atoms with Crippen molar-refractivity contribution in [3.63, 3.8) is 0 Å². The van der Waals surface area contributed by atoms with Gasteiger partial charge >= 0.3 is 0 Å². The predicted octanol–water partition coefficient (Wildman–Crippen LogP) is 5.72. The highest BCUT2D eigenvalue weighted by molar-refractivity contribution is 9.11. The van der Waals surface area contributed by atoms with Crippen LogP contribution in [0.25, 0.3) is 10.2 Å². The predicted molar refractivity (Wildman–Crippen MR) is 111 cm³/mol. The van der Waals surface area contributed by atoms with E-state index in [0.29, 0.717) is 17.8 Å². The van der Waals surface area contributed by atoms with Crippen molar-refractivity contribution in [2.45, 2.75) is 13.1 Å². The van der Waals surface area contributed by atoms with Crippen molar-refractivity contribution in [3.05, 3.63) is 92.9 Å². The number of carbonyl (C=O) groups is 1. The molecule has 7 heteroatoms. The van der Waals surface area contributed by atoms with E-state index in [9.17, 15) is 13.6 Å². The summed E-state index contributed by atoms with van der Waals surface area (Å²) in [6, 6.07) is 16.3. The minimum atomic E-state index is -0.352. The van der Waals surface area contributed by atoms with Crippen LogP contribution in [0, 0.1) is 11.6 Å². The van der Waals surface area contributed by atoms with Gasteiger partial charge in [-0.2, -0.15) is 0 Å². The van der Waals surface area contributed by atoms with Crippen molar-refractivity contribution in [1.29, 1.82) is 0 Å². The molecule has 1 amide bonds. The molecule has 2 aromatic carbocycles. The highest BCUT2D eigenvalue weighted by Gasteiger charge is 2.18. The Morgan fingerprint density at radius 2 is 1.82 bits per heavy atom. The minimum absolute atomic E-state index is 0.102. The lowest BCUT2D eigenvalue weighted by atomic mass is 10.2. The van der Waals surface area contributed by atoms with Gasteiger partial charge in [-0.1, -0.05) is 30.3 Å². The topological polar surface area (TPSA) is 34.0 Å². The van der Waals surface area contributed by atoms with Crippen molar-refractivity contribution in [2.24, 2.45) is 0 Å². The lowest BCUT2D eigenvalue weighted by molar-refractivity contribution is 0.0942. The monoisotopic (exact) mass is 460 g/mol. The number of rotatable bonds is 5. The molecule has 0 aliphatic carbocycles. The van der Waals surface area contributed by atoms with Crippen LogP contribution in [0.5, 0.6) is 0 Å². The van der Waals surface area contributed by atoms with Gasteiger partial charge in [0, 0.05) is 18.7 Å². The Morgan fingerprint density at radius 3 is 2.57 bits per heavy atom. The molecule has 0 fully saturated rings. The first-order valence-electron chi connectivity index (χ1n) is 8.56. The third kappa shape index (κ3) is 3.86. The number of amides is 1. The van der Waals surface area contributed by atoms with Gasteiger partial charge in [-0.05, 0) is 51.8 Å². The van der Waals surface area contributed by atoms with Gasteiger partial charge in [0.25, 0.3) is 5.91 Å². The Hall–Kier alpha value is -2.51. The van der Waals surface area contributed by atoms with Crippen molar-refractivity contribution in [1.82, 2.24) is 9.88 Å². The molecule has 142 valence electrons. The summed E-state index contributed by atoms with van der Waals surface area (Å²) in [6.45, 7) is 0.528. The summed E-state index contributed by atoms with van der Waals surface area (Å²) in [5.41, 5.74) is 2.70. The summed E-state index contributed by atoms with van der Waals surface area (Å²) in [5, 5.41) is 2.79. The first-order valence-corrected chi connectivity index (χ1v) is 10.2. The van der Waals surface area contributed by atoms with E-state index in [2.05, 4.69) is 21.2 Å². The fourth-order valence-corrected chi connectivity index (χ4v) is 4.62. The Bertz CT molecular complexity index is 1150. The Labute approximate surface area is 172 Å². The molecule has 0 spiro atoms. The van der Waals surface area contributed by atoms with Crippen molar-refractivity contribution in [2.75, 3.05) is 0 Å². The zero-order valence-corrected chi connectivity index (χ0v) is 17.0. The SMILES string of the molecule is O=C(NCc1ccccc1F)c1cc2sc(Br)cc2n1Cc1ccc(F)cc1. The number of benzene rings is 2. The summed E-state index contributed by atoms with van der Waals surface area (Å²) >= 11 is 5.01. The number of fused-ring (bicyclic) bond motifs is 1. The molecule has 4 rings (SSSR count). The van der Waals surface area contributed by atoms with E-state index in [-0.39, 0.29) is 24.1 Å². The van der Waals surface area contributed by atoms with E-state index in [0.717, 1.165) is 19.6 Å². The van der Waals surface area contributed by atoms with Crippen LogP contribution in [-0.2, 0) is 13.1 Å². The van der Waals surface area contributed by atoms with Crippen LogP contribution in [0.2, 0.25) is 0 Å². The zero-order valence-electron chi connectivity index (χ0n) is 14.6. The maximum absolute atomic E-state index is 13.8. The number of halogens is 3. The molecule has 2 aromatic heterocycles. The molecule has 0 saturated carbocycles. The van der Waals surface area contributed by atoms with E-state index >= 15 is 0 Å². The van der Waals surface area contributed by atoms with Gasteiger partial charge in [0.05, 0.1) is 14.0 Å². The second-order valence-electron chi connectivity index (χ2n) is 6.32. The van der Waals surface area contributed by atoms with Crippen LogP contribution in [0.1, 0.15) is 21.6 Å². The lowest BCUT2D eigenvalue weighted by Gasteiger charge is -2.11. The highest BCUT2D eigenvalue weighted by Crippen LogP contribution is 2.33. The quantitative estimate of drug-likeness (QED) is 0.405. The molecule has 0 radical (unpaired) electrons. The second kappa shape index (κ2) is 7.85.